The van der Waals surface area contributed by atoms with Crippen LogP contribution in [0.1, 0.15) is 40.0 Å². The summed E-state index contributed by atoms with van der Waals surface area (Å²) in [4.78, 5) is 22.3. The first-order valence-electron chi connectivity index (χ1n) is 6.21. The van der Waals surface area contributed by atoms with E-state index in [4.69, 9.17) is 21.3 Å². The van der Waals surface area contributed by atoms with Crippen LogP contribution in [0.3, 0.4) is 0 Å². The average molecular weight is 260 g/mol. The second-order valence-electron chi connectivity index (χ2n) is 4.88. The summed E-state index contributed by atoms with van der Waals surface area (Å²) in [5, 5.41) is 8.80. The van der Waals surface area contributed by atoms with Gasteiger partial charge in [0, 0.05) is 6.04 Å². The van der Waals surface area contributed by atoms with E-state index in [1.807, 2.05) is 13.8 Å². The fraction of sp³-hybridized carbons (Fsp3) is 0.833. The summed E-state index contributed by atoms with van der Waals surface area (Å²) in [5.41, 5.74) is 11.4. The molecule has 0 aromatic heterocycles. The molecule has 0 spiro atoms. The highest BCUT2D eigenvalue weighted by Crippen LogP contribution is 2.13. The van der Waals surface area contributed by atoms with E-state index in [1.165, 1.54) is 0 Å². The quantitative estimate of drug-likeness (QED) is 0.547. The van der Waals surface area contributed by atoms with E-state index in [0.29, 0.717) is 18.8 Å². The lowest BCUT2D eigenvalue weighted by Crippen LogP contribution is -2.44. The molecule has 1 unspecified atom stereocenters. The minimum Gasteiger partial charge on any atom is -0.481 e. The van der Waals surface area contributed by atoms with Crippen molar-refractivity contribution in [1.29, 1.82) is 0 Å². The predicted molar refractivity (Wildman–Crippen MR) is 67.8 cm³/mol. The van der Waals surface area contributed by atoms with Gasteiger partial charge in [-0.3, -0.25) is 9.59 Å². The van der Waals surface area contributed by atoms with Crippen LogP contribution in [0.5, 0.6) is 0 Å². The van der Waals surface area contributed by atoms with E-state index < -0.39 is 30.1 Å². The Bertz CT molecular complexity index is 281. The van der Waals surface area contributed by atoms with Crippen LogP contribution in [0.4, 0.5) is 0 Å². The fourth-order valence-corrected chi connectivity index (χ4v) is 1.55. The second kappa shape index (κ2) is 8.05. The van der Waals surface area contributed by atoms with Crippen molar-refractivity contribution in [2.75, 3.05) is 0 Å². The molecule has 0 saturated carbocycles. The van der Waals surface area contributed by atoms with Crippen molar-refractivity contribution >= 4 is 11.9 Å². The van der Waals surface area contributed by atoms with E-state index in [2.05, 4.69) is 0 Å². The van der Waals surface area contributed by atoms with Crippen molar-refractivity contribution in [2.45, 2.75) is 58.2 Å². The van der Waals surface area contributed by atoms with Crippen LogP contribution < -0.4 is 11.5 Å². The van der Waals surface area contributed by atoms with Gasteiger partial charge in [-0.1, -0.05) is 20.8 Å². The molecule has 0 bridgehead atoms. The van der Waals surface area contributed by atoms with Gasteiger partial charge >= 0.3 is 11.9 Å². The molecule has 0 aliphatic carbocycles. The Morgan fingerprint density at radius 3 is 2.22 bits per heavy atom. The number of ether oxygens (including phenoxy) is 1. The molecular weight excluding hydrogens is 236 g/mol. The van der Waals surface area contributed by atoms with Crippen LogP contribution in [-0.4, -0.2) is 35.2 Å². The number of esters is 1. The monoisotopic (exact) mass is 260 g/mol. The molecule has 6 heteroatoms. The van der Waals surface area contributed by atoms with E-state index >= 15 is 0 Å². The minimum absolute atomic E-state index is 0.296. The Kier molecular flexibility index (Phi) is 7.54. The molecule has 18 heavy (non-hydrogen) atoms. The molecule has 106 valence electrons. The molecule has 0 aromatic carbocycles. The molecule has 0 aromatic rings. The molecule has 6 nitrogen and oxygen atoms in total. The van der Waals surface area contributed by atoms with Gasteiger partial charge in [-0.25, -0.2) is 0 Å². The third-order valence-electron chi connectivity index (χ3n) is 2.61. The van der Waals surface area contributed by atoms with Gasteiger partial charge in [0.15, 0.2) is 0 Å². The zero-order valence-corrected chi connectivity index (χ0v) is 11.3. The van der Waals surface area contributed by atoms with Crippen molar-refractivity contribution in [3.05, 3.63) is 0 Å². The zero-order valence-electron chi connectivity index (χ0n) is 11.3. The minimum atomic E-state index is -1.04. The normalized spacial score (nSPS) is 16.1. The van der Waals surface area contributed by atoms with Crippen molar-refractivity contribution in [1.82, 2.24) is 0 Å². The van der Waals surface area contributed by atoms with Gasteiger partial charge < -0.3 is 21.3 Å². The molecule has 3 atom stereocenters. The summed E-state index contributed by atoms with van der Waals surface area (Å²) in [5.74, 6) is -1.34. The Hall–Kier alpha value is -1.14. The lowest BCUT2D eigenvalue weighted by atomic mass is 9.98. The lowest BCUT2D eigenvalue weighted by Gasteiger charge is -2.25. The standard InChI is InChI=1S/C12H24N2O4/c1-4-8(13)12(17)18-10(6-11(15)16)9(14)5-7(2)3/h7-10H,4-6,13-14H2,1-3H3,(H,15,16)/t8?,9-,10-/m0/s1. The third-order valence-corrected chi connectivity index (χ3v) is 2.61. The first kappa shape index (κ1) is 16.9. The maximum absolute atomic E-state index is 11.6. The number of carboxylic acids is 1. The molecule has 0 radical (unpaired) electrons. The summed E-state index contributed by atoms with van der Waals surface area (Å²) in [6.45, 7) is 5.70. The van der Waals surface area contributed by atoms with Gasteiger partial charge in [-0.05, 0) is 18.8 Å². The van der Waals surface area contributed by atoms with Crippen LogP contribution in [0, 0.1) is 5.92 Å². The van der Waals surface area contributed by atoms with Gasteiger partial charge in [-0.15, -0.1) is 0 Å². The number of hydrogen-bond acceptors (Lipinski definition) is 5. The predicted octanol–water partition coefficient (Wildman–Crippen LogP) is 0.484. The average Bonchev–Trinajstić information content (AvgIpc) is 2.25. The van der Waals surface area contributed by atoms with E-state index in [9.17, 15) is 9.59 Å². The van der Waals surface area contributed by atoms with Crippen LogP contribution in [-0.2, 0) is 14.3 Å². The number of nitrogens with two attached hydrogens (primary N) is 2. The zero-order chi connectivity index (χ0) is 14.3. The number of carboxylic acid groups (broad SMARTS) is 1. The van der Waals surface area contributed by atoms with Crippen molar-refractivity contribution in [3.63, 3.8) is 0 Å². The van der Waals surface area contributed by atoms with Crippen LogP contribution >= 0.6 is 0 Å². The highest BCUT2D eigenvalue weighted by Gasteiger charge is 2.27. The molecule has 0 aliphatic rings. The summed E-state index contributed by atoms with van der Waals surface area (Å²) in [6, 6.07) is -1.22. The Morgan fingerprint density at radius 2 is 1.83 bits per heavy atom. The summed E-state index contributed by atoms with van der Waals surface area (Å²) in [6.07, 6.45) is -0.0873. The van der Waals surface area contributed by atoms with Gasteiger partial charge in [0.25, 0.3) is 0 Å². The number of rotatable bonds is 8. The largest absolute Gasteiger partial charge is 0.481 e. The van der Waals surface area contributed by atoms with E-state index in [0.717, 1.165) is 0 Å². The topological polar surface area (TPSA) is 116 Å². The molecule has 0 rings (SSSR count). The van der Waals surface area contributed by atoms with Gasteiger partial charge in [0.1, 0.15) is 12.1 Å². The van der Waals surface area contributed by atoms with Gasteiger partial charge in [0.2, 0.25) is 0 Å². The lowest BCUT2D eigenvalue weighted by molar-refractivity contribution is -0.155. The first-order valence-corrected chi connectivity index (χ1v) is 6.21. The number of carbonyl (C=O) groups excluding carboxylic acids is 1. The Morgan fingerprint density at radius 1 is 1.28 bits per heavy atom. The molecule has 0 saturated heterocycles. The maximum atomic E-state index is 11.6. The maximum Gasteiger partial charge on any atom is 0.323 e. The Balaban J connectivity index is 4.57. The smallest absolute Gasteiger partial charge is 0.323 e. The summed E-state index contributed by atoms with van der Waals surface area (Å²) < 4.78 is 5.11. The van der Waals surface area contributed by atoms with E-state index in [-0.39, 0.29) is 6.42 Å². The van der Waals surface area contributed by atoms with Crippen molar-refractivity contribution in [3.8, 4) is 0 Å². The molecular formula is C12H24N2O4. The number of hydrogen-bond donors (Lipinski definition) is 3. The molecule has 0 heterocycles. The Labute approximate surface area is 108 Å². The summed E-state index contributed by atoms with van der Waals surface area (Å²) >= 11 is 0. The van der Waals surface area contributed by atoms with Crippen LogP contribution in [0.15, 0.2) is 0 Å². The fourth-order valence-electron chi connectivity index (χ4n) is 1.55. The second-order valence-corrected chi connectivity index (χ2v) is 4.88. The van der Waals surface area contributed by atoms with Crippen molar-refractivity contribution in [2.24, 2.45) is 17.4 Å². The summed E-state index contributed by atoms with van der Waals surface area (Å²) in [7, 11) is 0. The van der Waals surface area contributed by atoms with E-state index in [1.54, 1.807) is 6.92 Å². The van der Waals surface area contributed by atoms with Crippen LogP contribution in [0.25, 0.3) is 0 Å². The number of aliphatic carboxylic acids is 1. The number of carbonyl (C=O) groups is 2. The molecule has 5 N–H and O–H groups in total. The van der Waals surface area contributed by atoms with Crippen molar-refractivity contribution < 1.29 is 19.4 Å². The van der Waals surface area contributed by atoms with Crippen LogP contribution in [0.2, 0.25) is 0 Å². The highest BCUT2D eigenvalue weighted by molar-refractivity contribution is 5.76. The van der Waals surface area contributed by atoms with Gasteiger partial charge in [-0.2, -0.15) is 0 Å². The third kappa shape index (κ3) is 6.56. The molecule has 0 aliphatic heterocycles. The first-order chi connectivity index (χ1) is 8.27. The molecule has 0 fully saturated rings. The highest BCUT2D eigenvalue weighted by atomic mass is 16.5. The van der Waals surface area contributed by atoms with Gasteiger partial charge in [0.05, 0.1) is 6.42 Å². The SMILES string of the molecule is CCC(N)C(=O)O[C@@H](CC(=O)O)[C@@H](N)CC(C)C. The molecule has 0 amide bonds.